The molecular formula is C6H5N3OS. The van der Waals surface area contributed by atoms with Gasteiger partial charge in [-0.25, -0.2) is 5.84 Å². The number of nitrogen functional groups attached to an aromatic ring is 1. The second-order valence-corrected chi connectivity index (χ2v) is 2.83. The summed E-state index contributed by atoms with van der Waals surface area (Å²) in [4.78, 5) is 11.8. The van der Waals surface area contributed by atoms with Gasteiger partial charge in [-0.05, 0) is 12.1 Å². The van der Waals surface area contributed by atoms with Crippen molar-refractivity contribution in [1.82, 2.24) is 5.43 Å². The Balaban J connectivity index is 2.91. The maximum absolute atomic E-state index is 10.8. The summed E-state index contributed by atoms with van der Waals surface area (Å²) in [5, 5.41) is 8.40. The smallest absolute Gasteiger partial charge is 0.275 e. The van der Waals surface area contributed by atoms with Crippen LogP contribution in [0.4, 0.5) is 0 Å². The van der Waals surface area contributed by atoms with E-state index in [0.717, 1.165) is 11.3 Å². The molecular weight excluding hydrogens is 162 g/mol. The zero-order valence-electron chi connectivity index (χ0n) is 5.50. The summed E-state index contributed by atoms with van der Waals surface area (Å²) < 4.78 is 0. The van der Waals surface area contributed by atoms with Gasteiger partial charge in [-0.1, -0.05) is 0 Å². The van der Waals surface area contributed by atoms with Crippen LogP contribution in [0.1, 0.15) is 14.5 Å². The highest BCUT2D eigenvalue weighted by Gasteiger charge is 2.05. The molecule has 0 aliphatic rings. The maximum Gasteiger partial charge on any atom is 0.275 e. The highest BCUT2D eigenvalue weighted by molar-refractivity contribution is 7.14. The van der Waals surface area contributed by atoms with Crippen LogP contribution in [0.3, 0.4) is 0 Å². The summed E-state index contributed by atoms with van der Waals surface area (Å²) in [6, 6.07) is 5.06. The molecule has 3 N–H and O–H groups in total. The Bertz CT molecular complexity index is 312. The Labute approximate surface area is 67.2 Å². The zero-order valence-corrected chi connectivity index (χ0v) is 6.31. The minimum absolute atomic E-state index is 0.364. The average Bonchev–Trinajstić information content (AvgIpc) is 2.50. The molecule has 0 aromatic carbocycles. The maximum atomic E-state index is 10.8. The lowest BCUT2D eigenvalue weighted by Crippen LogP contribution is -2.29. The number of nitriles is 1. The molecule has 0 spiro atoms. The highest BCUT2D eigenvalue weighted by Crippen LogP contribution is 2.14. The highest BCUT2D eigenvalue weighted by atomic mass is 32.1. The molecule has 1 rings (SSSR count). The fourth-order valence-electron chi connectivity index (χ4n) is 0.591. The monoisotopic (exact) mass is 167 g/mol. The van der Waals surface area contributed by atoms with Crippen LogP contribution in [0.5, 0.6) is 0 Å². The quantitative estimate of drug-likeness (QED) is 0.357. The number of nitrogens with one attached hydrogen (secondary N) is 1. The van der Waals surface area contributed by atoms with Gasteiger partial charge in [0.15, 0.2) is 0 Å². The van der Waals surface area contributed by atoms with E-state index in [4.69, 9.17) is 11.1 Å². The van der Waals surface area contributed by atoms with Crippen molar-refractivity contribution in [2.24, 2.45) is 5.84 Å². The normalized spacial score (nSPS) is 8.73. The molecule has 0 aliphatic carbocycles. The Kier molecular flexibility index (Phi) is 2.21. The molecule has 0 saturated heterocycles. The number of nitrogens with two attached hydrogens (primary N) is 1. The van der Waals surface area contributed by atoms with Gasteiger partial charge in [0.1, 0.15) is 10.9 Å². The van der Waals surface area contributed by atoms with Crippen molar-refractivity contribution < 1.29 is 4.79 Å². The van der Waals surface area contributed by atoms with Gasteiger partial charge in [-0.3, -0.25) is 10.2 Å². The van der Waals surface area contributed by atoms with Gasteiger partial charge in [0, 0.05) is 0 Å². The Morgan fingerprint density at radius 3 is 2.91 bits per heavy atom. The van der Waals surface area contributed by atoms with Crippen LogP contribution in [0.15, 0.2) is 12.1 Å². The number of hydrogen-bond acceptors (Lipinski definition) is 4. The third kappa shape index (κ3) is 1.55. The van der Waals surface area contributed by atoms with Crippen molar-refractivity contribution in [2.45, 2.75) is 0 Å². The lowest BCUT2D eigenvalue weighted by atomic mass is 10.4. The minimum Gasteiger partial charge on any atom is -0.289 e. The minimum atomic E-state index is -0.364. The van der Waals surface area contributed by atoms with Crippen molar-refractivity contribution in [3.05, 3.63) is 21.9 Å². The van der Waals surface area contributed by atoms with Crippen molar-refractivity contribution in [1.29, 1.82) is 5.26 Å². The SMILES string of the molecule is N#Cc1ccc(C(=O)NN)s1. The fraction of sp³-hybridized carbons (Fsp3) is 0. The van der Waals surface area contributed by atoms with E-state index in [-0.39, 0.29) is 5.91 Å². The summed E-state index contributed by atoms with van der Waals surface area (Å²) in [7, 11) is 0. The van der Waals surface area contributed by atoms with Gasteiger partial charge in [-0.15, -0.1) is 11.3 Å². The molecule has 0 unspecified atom stereocenters. The third-order valence-electron chi connectivity index (χ3n) is 1.07. The topological polar surface area (TPSA) is 78.9 Å². The Hall–Kier alpha value is -1.38. The average molecular weight is 167 g/mol. The number of rotatable bonds is 1. The van der Waals surface area contributed by atoms with Crippen LogP contribution in [0.2, 0.25) is 0 Å². The molecule has 11 heavy (non-hydrogen) atoms. The summed E-state index contributed by atoms with van der Waals surface area (Å²) >= 11 is 1.11. The number of carbonyl (C=O) groups excluding carboxylic acids is 1. The predicted molar refractivity (Wildman–Crippen MR) is 40.7 cm³/mol. The van der Waals surface area contributed by atoms with Gasteiger partial charge in [0.2, 0.25) is 0 Å². The lowest BCUT2D eigenvalue weighted by molar-refractivity contribution is 0.0957. The van der Waals surface area contributed by atoms with Gasteiger partial charge < -0.3 is 0 Å². The van der Waals surface area contributed by atoms with Crippen LogP contribution in [0, 0.1) is 11.3 Å². The summed E-state index contributed by atoms with van der Waals surface area (Å²) in [5.41, 5.74) is 1.98. The van der Waals surface area contributed by atoms with E-state index in [9.17, 15) is 4.79 Å². The van der Waals surface area contributed by atoms with E-state index < -0.39 is 0 Å². The first-order valence-electron chi connectivity index (χ1n) is 2.79. The summed E-state index contributed by atoms with van der Waals surface area (Å²) in [6.07, 6.45) is 0. The second kappa shape index (κ2) is 3.14. The molecule has 1 heterocycles. The van der Waals surface area contributed by atoms with Gasteiger partial charge >= 0.3 is 0 Å². The number of nitrogens with zero attached hydrogens (tertiary/aromatic N) is 1. The molecule has 0 atom stereocenters. The van der Waals surface area contributed by atoms with Crippen LogP contribution in [-0.2, 0) is 0 Å². The molecule has 0 fully saturated rings. The molecule has 1 aromatic heterocycles. The van der Waals surface area contributed by atoms with Crippen molar-refractivity contribution >= 4 is 17.2 Å². The van der Waals surface area contributed by atoms with E-state index in [1.165, 1.54) is 0 Å². The van der Waals surface area contributed by atoms with Gasteiger partial charge in [0.05, 0.1) is 4.88 Å². The Morgan fingerprint density at radius 2 is 2.45 bits per heavy atom. The second-order valence-electron chi connectivity index (χ2n) is 1.75. The van der Waals surface area contributed by atoms with E-state index in [0.29, 0.717) is 9.75 Å². The standard InChI is InChI=1S/C6H5N3OS/c7-3-4-1-2-5(11-4)6(10)9-8/h1-2H,8H2,(H,9,10). The van der Waals surface area contributed by atoms with Crippen molar-refractivity contribution in [2.75, 3.05) is 0 Å². The molecule has 5 heteroatoms. The first kappa shape index (κ1) is 7.72. The fourth-order valence-corrected chi connectivity index (χ4v) is 1.30. The molecule has 4 nitrogen and oxygen atoms in total. The van der Waals surface area contributed by atoms with Gasteiger partial charge in [0.25, 0.3) is 5.91 Å². The van der Waals surface area contributed by atoms with Crippen molar-refractivity contribution in [3.63, 3.8) is 0 Å². The predicted octanol–water partition coefficient (Wildman–Crippen LogP) is 0.223. The molecule has 0 radical (unpaired) electrons. The lowest BCUT2D eigenvalue weighted by Gasteiger charge is -1.90. The third-order valence-corrected chi connectivity index (χ3v) is 2.06. The van der Waals surface area contributed by atoms with E-state index >= 15 is 0 Å². The van der Waals surface area contributed by atoms with Crippen LogP contribution >= 0.6 is 11.3 Å². The van der Waals surface area contributed by atoms with E-state index in [1.54, 1.807) is 12.1 Å². The number of thiophene rings is 1. The first-order chi connectivity index (χ1) is 5.27. The molecule has 1 amide bonds. The van der Waals surface area contributed by atoms with Gasteiger partial charge in [-0.2, -0.15) is 5.26 Å². The summed E-state index contributed by atoms with van der Waals surface area (Å²) in [6.45, 7) is 0. The van der Waals surface area contributed by atoms with E-state index in [2.05, 4.69) is 0 Å². The molecule has 56 valence electrons. The van der Waals surface area contributed by atoms with Crippen molar-refractivity contribution in [3.8, 4) is 6.07 Å². The largest absolute Gasteiger partial charge is 0.289 e. The molecule has 0 bridgehead atoms. The number of amides is 1. The first-order valence-corrected chi connectivity index (χ1v) is 3.60. The molecule has 1 aromatic rings. The number of hydrogen-bond donors (Lipinski definition) is 2. The van der Waals surface area contributed by atoms with E-state index in [1.807, 2.05) is 11.5 Å². The molecule has 0 aliphatic heterocycles. The van der Waals surface area contributed by atoms with Crippen LogP contribution in [0.25, 0.3) is 0 Å². The molecule has 0 saturated carbocycles. The zero-order chi connectivity index (χ0) is 8.27. The summed E-state index contributed by atoms with van der Waals surface area (Å²) in [5.74, 6) is 4.51. The van der Waals surface area contributed by atoms with Crippen LogP contribution < -0.4 is 11.3 Å². The van der Waals surface area contributed by atoms with Crippen LogP contribution in [-0.4, -0.2) is 5.91 Å². The number of carbonyl (C=O) groups is 1. The number of hydrazine groups is 1. The Morgan fingerprint density at radius 1 is 1.73 bits per heavy atom.